The molecule has 1 fully saturated rings. The van der Waals surface area contributed by atoms with Crippen molar-refractivity contribution in [1.29, 1.82) is 0 Å². The lowest BCUT2D eigenvalue weighted by Crippen LogP contribution is -2.43. The Balaban J connectivity index is 1.66. The highest BCUT2D eigenvalue weighted by Crippen LogP contribution is 2.00. The van der Waals surface area contributed by atoms with E-state index in [1.165, 1.54) is 6.26 Å². The maximum atomic E-state index is 11.5. The second-order valence-electron chi connectivity index (χ2n) is 3.75. The van der Waals surface area contributed by atoms with E-state index in [0.29, 0.717) is 18.3 Å². The van der Waals surface area contributed by atoms with Gasteiger partial charge in [0.05, 0.1) is 19.5 Å². The first kappa shape index (κ1) is 11.2. The van der Waals surface area contributed by atoms with Gasteiger partial charge in [-0.2, -0.15) is 0 Å². The lowest BCUT2D eigenvalue weighted by Gasteiger charge is -2.23. The van der Waals surface area contributed by atoms with Crippen molar-refractivity contribution in [3.63, 3.8) is 0 Å². The Labute approximate surface area is 94.1 Å². The molecule has 1 atom stereocenters. The van der Waals surface area contributed by atoms with Crippen molar-refractivity contribution < 1.29 is 13.9 Å². The number of nitrogens with one attached hydrogen (secondary N) is 2. The smallest absolute Gasteiger partial charge is 0.286 e. The highest BCUT2D eigenvalue weighted by Gasteiger charge is 2.13. The van der Waals surface area contributed by atoms with Crippen LogP contribution in [0, 0.1) is 0 Å². The molecule has 2 N–H and O–H groups in total. The molecule has 5 heteroatoms. The molecule has 1 unspecified atom stereocenters. The molecule has 1 aromatic heterocycles. The molecule has 0 saturated carbocycles. The summed E-state index contributed by atoms with van der Waals surface area (Å²) < 4.78 is 10.3. The number of furan rings is 1. The highest BCUT2D eigenvalue weighted by atomic mass is 16.5. The van der Waals surface area contributed by atoms with Gasteiger partial charge in [-0.05, 0) is 18.6 Å². The van der Waals surface area contributed by atoms with Gasteiger partial charge in [0.2, 0.25) is 0 Å². The Morgan fingerprint density at radius 2 is 2.56 bits per heavy atom. The summed E-state index contributed by atoms with van der Waals surface area (Å²) in [7, 11) is 0. The van der Waals surface area contributed by atoms with Crippen LogP contribution >= 0.6 is 0 Å². The van der Waals surface area contributed by atoms with Crippen molar-refractivity contribution in [2.75, 3.05) is 26.3 Å². The minimum Gasteiger partial charge on any atom is -0.459 e. The van der Waals surface area contributed by atoms with Gasteiger partial charge in [0.15, 0.2) is 5.76 Å². The lowest BCUT2D eigenvalue weighted by molar-refractivity contribution is 0.0730. The molecule has 0 spiro atoms. The van der Waals surface area contributed by atoms with Crippen LogP contribution in [0.3, 0.4) is 0 Å². The lowest BCUT2D eigenvalue weighted by atomic mass is 10.2. The van der Waals surface area contributed by atoms with E-state index >= 15 is 0 Å². The van der Waals surface area contributed by atoms with Crippen LogP contribution in [0.4, 0.5) is 0 Å². The van der Waals surface area contributed by atoms with Gasteiger partial charge in [-0.1, -0.05) is 0 Å². The molecule has 1 amide bonds. The van der Waals surface area contributed by atoms with Gasteiger partial charge in [0.25, 0.3) is 5.91 Å². The molecule has 5 nitrogen and oxygen atoms in total. The summed E-state index contributed by atoms with van der Waals surface area (Å²) in [5.41, 5.74) is 0. The third-order valence-electron chi connectivity index (χ3n) is 2.52. The summed E-state index contributed by atoms with van der Waals surface area (Å²) in [5.74, 6) is 0.189. The number of carbonyl (C=O) groups excluding carboxylic acids is 1. The maximum Gasteiger partial charge on any atom is 0.286 e. The van der Waals surface area contributed by atoms with Gasteiger partial charge >= 0.3 is 0 Å². The Hall–Kier alpha value is -1.33. The first-order valence-electron chi connectivity index (χ1n) is 5.49. The molecule has 0 aromatic carbocycles. The van der Waals surface area contributed by atoms with Gasteiger partial charge in [-0.25, -0.2) is 0 Å². The fraction of sp³-hybridized carbons (Fsp3) is 0.545. The van der Waals surface area contributed by atoms with Crippen LogP contribution in [0.5, 0.6) is 0 Å². The zero-order valence-corrected chi connectivity index (χ0v) is 9.07. The zero-order chi connectivity index (χ0) is 11.2. The van der Waals surface area contributed by atoms with Crippen LogP contribution < -0.4 is 10.6 Å². The zero-order valence-electron chi connectivity index (χ0n) is 9.07. The van der Waals surface area contributed by atoms with E-state index in [1.807, 2.05) is 0 Å². The Bertz CT molecular complexity index is 318. The summed E-state index contributed by atoms with van der Waals surface area (Å²) in [6, 6.07) is 3.69. The monoisotopic (exact) mass is 224 g/mol. The van der Waals surface area contributed by atoms with E-state index < -0.39 is 0 Å². The number of amides is 1. The predicted octanol–water partition coefficient (Wildman–Crippen LogP) is 0.388. The van der Waals surface area contributed by atoms with Crippen molar-refractivity contribution in [2.24, 2.45) is 0 Å². The predicted molar refractivity (Wildman–Crippen MR) is 58.3 cm³/mol. The van der Waals surface area contributed by atoms with Crippen molar-refractivity contribution in [3.8, 4) is 0 Å². The molecule has 1 saturated heterocycles. The molecule has 88 valence electrons. The molecule has 0 bridgehead atoms. The first-order valence-corrected chi connectivity index (χ1v) is 5.49. The molecule has 16 heavy (non-hydrogen) atoms. The number of carbonyl (C=O) groups is 1. The van der Waals surface area contributed by atoms with Gasteiger partial charge in [0, 0.05) is 19.1 Å². The summed E-state index contributed by atoms with van der Waals surface area (Å²) in [6.07, 6.45) is 2.36. The topological polar surface area (TPSA) is 63.5 Å². The molecule has 1 aliphatic rings. The number of morpholine rings is 1. The number of hydrogen-bond donors (Lipinski definition) is 2. The SMILES string of the molecule is O=C(NCCC1COCCN1)c1ccco1. The van der Waals surface area contributed by atoms with Crippen LogP contribution in [0.15, 0.2) is 22.8 Å². The number of ether oxygens (including phenoxy) is 1. The van der Waals surface area contributed by atoms with Crippen LogP contribution in [0.25, 0.3) is 0 Å². The quantitative estimate of drug-likeness (QED) is 0.776. The Morgan fingerprint density at radius 1 is 1.62 bits per heavy atom. The van der Waals surface area contributed by atoms with Gasteiger partial charge in [0.1, 0.15) is 0 Å². The molecule has 1 aliphatic heterocycles. The van der Waals surface area contributed by atoms with Crippen molar-refractivity contribution in [2.45, 2.75) is 12.5 Å². The van der Waals surface area contributed by atoms with Gasteiger partial charge in [-0.15, -0.1) is 0 Å². The average molecular weight is 224 g/mol. The summed E-state index contributed by atoms with van der Waals surface area (Å²) in [4.78, 5) is 11.5. The van der Waals surface area contributed by atoms with E-state index in [-0.39, 0.29) is 5.91 Å². The van der Waals surface area contributed by atoms with Crippen LogP contribution in [0.2, 0.25) is 0 Å². The van der Waals surface area contributed by atoms with Crippen molar-refractivity contribution in [3.05, 3.63) is 24.2 Å². The number of hydrogen-bond acceptors (Lipinski definition) is 4. The largest absolute Gasteiger partial charge is 0.459 e. The van der Waals surface area contributed by atoms with E-state index in [1.54, 1.807) is 12.1 Å². The van der Waals surface area contributed by atoms with E-state index in [4.69, 9.17) is 9.15 Å². The molecule has 1 aromatic rings. The second kappa shape index (κ2) is 5.67. The minimum absolute atomic E-state index is 0.165. The third kappa shape index (κ3) is 3.08. The fourth-order valence-corrected chi connectivity index (χ4v) is 1.66. The van der Waals surface area contributed by atoms with Crippen LogP contribution in [-0.2, 0) is 4.74 Å². The molecule has 2 heterocycles. The van der Waals surface area contributed by atoms with E-state index in [2.05, 4.69) is 10.6 Å². The van der Waals surface area contributed by atoms with Gasteiger partial charge < -0.3 is 19.8 Å². The fourth-order valence-electron chi connectivity index (χ4n) is 1.66. The van der Waals surface area contributed by atoms with Gasteiger partial charge in [-0.3, -0.25) is 4.79 Å². The first-order chi connectivity index (χ1) is 7.86. The summed E-state index contributed by atoms with van der Waals surface area (Å²) in [6.45, 7) is 3.00. The number of rotatable bonds is 4. The van der Waals surface area contributed by atoms with E-state index in [0.717, 1.165) is 26.2 Å². The van der Waals surface area contributed by atoms with Crippen molar-refractivity contribution in [1.82, 2.24) is 10.6 Å². The Morgan fingerprint density at radius 3 is 3.25 bits per heavy atom. The van der Waals surface area contributed by atoms with Crippen LogP contribution in [-0.4, -0.2) is 38.3 Å². The molecule has 0 radical (unpaired) electrons. The minimum atomic E-state index is -0.165. The maximum absolute atomic E-state index is 11.5. The molecular formula is C11H16N2O3. The van der Waals surface area contributed by atoms with Crippen LogP contribution in [0.1, 0.15) is 17.0 Å². The summed E-state index contributed by atoms with van der Waals surface area (Å²) >= 11 is 0. The normalized spacial score (nSPS) is 20.6. The van der Waals surface area contributed by atoms with Crippen molar-refractivity contribution >= 4 is 5.91 Å². The highest BCUT2D eigenvalue weighted by molar-refractivity contribution is 5.91. The Kier molecular flexibility index (Phi) is 3.96. The molecule has 0 aliphatic carbocycles. The average Bonchev–Trinajstić information content (AvgIpc) is 2.84. The molecule has 2 rings (SSSR count). The third-order valence-corrected chi connectivity index (χ3v) is 2.52. The summed E-state index contributed by atoms with van der Waals surface area (Å²) in [5, 5.41) is 6.13. The second-order valence-corrected chi connectivity index (χ2v) is 3.75. The molecular weight excluding hydrogens is 208 g/mol. The standard InChI is InChI=1S/C11H16N2O3/c14-11(10-2-1-6-16-10)13-4-3-9-8-15-7-5-12-9/h1-2,6,9,12H,3-5,7-8H2,(H,13,14). The van der Waals surface area contributed by atoms with E-state index in [9.17, 15) is 4.79 Å².